The van der Waals surface area contributed by atoms with Crippen LogP contribution in [-0.2, 0) is 17.7 Å². The summed E-state index contributed by atoms with van der Waals surface area (Å²) in [6.07, 6.45) is 9.05. The normalized spacial score (nSPS) is 22.5. The van der Waals surface area contributed by atoms with Crippen molar-refractivity contribution in [3.05, 3.63) is 77.2 Å². The first-order valence-corrected chi connectivity index (χ1v) is 21.2. The van der Waals surface area contributed by atoms with Gasteiger partial charge in [0, 0.05) is 63.1 Å². The maximum absolute atomic E-state index is 13.2. The van der Waals surface area contributed by atoms with E-state index in [1.807, 2.05) is 19.1 Å². The number of fused-ring (bicyclic) bond motifs is 2. The number of aromatic nitrogens is 6. The molecule has 3 amide bonds. The number of piperazine rings is 1. The second-order valence-corrected chi connectivity index (χ2v) is 16.3. The van der Waals surface area contributed by atoms with Gasteiger partial charge in [0.15, 0.2) is 5.65 Å². The summed E-state index contributed by atoms with van der Waals surface area (Å²) in [7, 11) is 0. The van der Waals surface area contributed by atoms with Gasteiger partial charge in [-0.3, -0.25) is 20.0 Å². The number of amides is 3. The molecule has 0 radical (unpaired) electrons. The molecule has 4 aromatic heterocycles. The number of benzene rings is 1. The number of rotatable bonds is 13. The molecule has 5 atom stereocenters. The maximum Gasteiger partial charge on any atom is 0.323 e. The summed E-state index contributed by atoms with van der Waals surface area (Å²) in [5.74, 6) is 0.813. The lowest BCUT2D eigenvalue weighted by Crippen LogP contribution is -2.56. The molecule has 6 N–H and O–H groups in total. The standard InChI is InChI=1S/C42H52N12O7/c1-25-20-27(46-42(59)47-30-23-43-33-13-14-45-54(33)38(30)32-6-5-19-60-32)22-44-37(25)39-49-35(61-50-39)7-3-2-4-8-36(56)52-17-15-51(16-18-52)28-9-10-29-26(21-28)24-53(41(29)58)31-11-12-34(55)48-40(31)57/h9-10,13-14,20-23,31-32,34,36,40,48,55-57H,2-8,11-12,15-19,24H2,1H3,(H2,46,47,59). The molecule has 322 valence electrons. The quantitative estimate of drug-likeness (QED) is 0.0932. The van der Waals surface area contributed by atoms with Crippen LogP contribution in [0.1, 0.15) is 90.5 Å². The summed E-state index contributed by atoms with van der Waals surface area (Å²) >= 11 is 0. The predicted molar refractivity (Wildman–Crippen MR) is 222 cm³/mol. The summed E-state index contributed by atoms with van der Waals surface area (Å²) in [6, 6.07) is 8.72. The SMILES string of the molecule is Cc1cc(NC(=O)Nc2cnc3ccnn3c2C2CCCO2)cnc1-c1noc(CCCCCC(O)N2CCN(c3ccc4c(c3)CN(C3CCC(O)NC3O)C4=O)CC2)n1. The molecule has 1 aromatic carbocycles. The summed E-state index contributed by atoms with van der Waals surface area (Å²) in [5.41, 5.74) is 6.44. The van der Waals surface area contributed by atoms with Gasteiger partial charge in [0.25, 0.3) is 5.91 Å². The number of aryl methyl sites for hydroxylation is 2. The summed E-state index contributed by atoms with van der Waals surface area (Å²) in [4.78, 5) is 45.9. The molecule has 4 aliphatic heterocycles. The molecule has 4 aliphatic rings. The smallest absolute Gasteiger partial charge is 0.323 e. The van der Waals surface area contributed by atoms with Crippen LogP contribution < -0.4 is 20.9 Å². The van der Waals surface area contributed by atoms with Gasteiger partial charge in [-0.25, -0.2) is 14.3 Å². The van der Waals surface area contributed by atoms with Crippen LogP contribution in [0.5, 0.6) is 0 Å². The monoisotopic (exact) mass is 836 g/mol. The van der Waals surface area contributed by atoms with E-state index in [2.05, 4.69) is 57.0 Å². The number of urea groups is 1. The first-order valence-electron chi connectivity index (χ1n) is 21.2. The Morgan fingerprint density at radius 2 is 1.89 bits per heavy atom. The lowest BCUT2D eigenvalue weighted by Gasteiger charge is -2.38. The van der Waals surface area contributed by atoms with E-state index in [4.69, 9.17) is 9.26 Å². The number of carbonyl (C=O) groups is 2. The maximum atomic E-state index is 13.2. The Bertz CT molecular complexity index is 2360. The van der Waals surface area contributed by atoms with Crippen molar-refractivity contribution < 1.29 is 34.2 Å². The van der Waals surface area contributed by atoms with E-state index in [0.29, 0.717) is 78.8 Å². The highest BCUT2D eigenvalue weighted by Crippen LogP contribution is 2.34. The molecule has 0 aliphatic carbocycles. The third-order valence-electron chi connectivity index (χ3n) is 12.2. The zero-order valence-electron chi connectivity index (χ0n) is 34.1. The number of carbonyl (C=O) groups excluding carboxylic acids is 2. The van der Waals surface area contributed by atoms with Gasteiger partial charge in [-0.15, -0.1) is 0 Å². The highest BCUT2D eigenvalue weighted by Gasteiger charge is 2.39. The summed E-state index contributed by atoms with van der Waals surface area (Å²) in [5, 5.41) is 48.3. The zero-order valence-corrected chi connectivity index (χ0v) is 34.1. The number of ether oxygens (including phenoxy) is 1. The van der Waals surface area contributed by atoms with E-state index in [0.717, 1.165) is 80.8 Å². The van der Waals surface area contributed by atoms with Crippen molar-refractivity contribution in [2.45, 2.75) is 102 Å². The number of hydrogen-bond acceptors (Lipinski definition) is 15. The fourth-order valence-corrected chi connectivity index (χ4v) is 8.94. The molecular weight excluding hydrogens is 785 g/mol. The number of pyridine rings is 1. The van der Waals surface area contributed by atoms with Gasteiger partial charge in [-0.05, 0) is 87.3 Å². The van der Waals surface area contributed by atoms with E-state index in [9.17, 15) is 24.9 Å². The molecular formula is C42H52N12O7. The predicted octanol–water partition coefficient (Wildman–Crippen LogP) is 3.57. The minimum absolute atomic E-state index is 0.0880. The Balaban J connectivity index is 0.699. The van der Waals surface area contributed by atoms with Crippen molar-refractivity contribution in [1.82, 2.24) is 44.8 Å². The van der Waals surface area contributed by atoms with E-state index >= 15 is 0 Å². The van der Waals surface area contributed by atoms with Crippen LogP contribution in [0.3, 0.4) is 0 Å². The number of hydrogen-bond donors (Lipinski definition) is 6. The van der Waals surface area contributed by atoms with Crippen LogP contribution in [-0.4, -0.2) is 124 Å². The number of aliphatic hydroxyl groups is 3. The van der Waals surface area contributed by atoms with E-state index in [1.165, 1.54) is 0 Å². The minimum Gasteiger partial charge on any atom is -0.379 e. The second-order valence-electron chi connectivity index (χ2n) is 16.3. The van der Waals surface area contributed by atoms with E-state index in [-0.39, 0.29) is 18.1 Å². The molecule has 3 saturated heterocycles. The van der Waals surface area contributed by atoms with Gasteiger partial charge in [0.1, 0.15) is 30.5 Å². The first-order chi connectivity index (χ1) is 29.7. The van der Waals surface area contributed by atoms with E-state index in [1.54, 1.807) is 40.1 Å². The number of aliphatic hydroxyl groups excluding tert-OH is 3. The Hall–Kier alpha value is -5.57. The minimum atomic E-state index is -0.964. The summed E-state index contributed by atoms with van der Waals surface area (Å²) < 4.78 is 13.2. The first kappa shape index (κ1) is 40.8. The molecule has 19 heteroatoms. The van der Waals surface area contributed by atoms with Crippen LogP contribution in [0.25, 0.3) is 17.2 Å². The van der Waals surface area contributed by atoms with Gasteiger partial charge in [-0.1, -0.05) is 11.6 Å². The molecule has 5 aromatic rings. The lowest BCUT2D eigenvalue weighted by molar-refractivity contribution is -0.0477. The van der Waals surface area contributed by atoms with Gasteiger partial charge in [0.2, 0.25) is 11.7 Å². The molecule has 5 unspecified atom stereocenters. The van der Waals surface area contributed by atoms with Crippen molar-refractivity contribution in [3.63, 3.8) is 0 Å². The number of nitrogens with one attached hydrogen (secondary N) is 3. The third-order valence-corrected chi connectivity index (χ3v) is 12.2. The van der Waals surface area contributed by atoms with Crippen molar-refractivity contribution >= 4 is 34.6 Å². The number of unbranched alkanes of at least 4 members (excludes halogenated alkanes) is 2. The van der Waals surface area contributed by atoms with Crippen molar-refractivity contribution in [1.29, 1.82) is 0 Å². The zero-order chi connectivity index (χ0) is 42.0. The highest BCUT2D eigenvalue weighted by atomic mass is 16.5. The van der Waals surface area contributed by atoms with Crippen molar-refractivity contribution in [2.75, 3.05) is 48.3 Å². The third kappa shape index (κ3) is 8.80. The van der Waals surface area contributed by atoms with Crippen molar-refractivity contribution in [3.8, 4) is 11.5 Å². The highest BCUT2D eigenvalue weighted by molar-refractivity contribution is 6.00. The van der Waals surface area contributed by atoms with Crippen molar-refractivity contribution in [2.24, 2.45) is 0 Å². The average molecular weight is 837 g/mol. The Morgan fingerprint density at radius 1 is 1.02 bits per heavy atom. The van der Waals surface area contributed by atoms with Crippen LogP contribution in [0.15, 0.2) is 53.4 Å². The molecule has 0 saturated carbocycles. The molecule has 3 fully saturated rings. The van der Waals surface area contributed by atoms with Crippen LogP contribution in [0.2, 0.25) is 0 Å². The van der Waals surface area contributed by atoms with Gasteiger partial charge in [0.05, 0.1) is 41.7 Å². The van der Waals surface area contributed by atoms with Crippen LogP contribution in [0.4, 0.5) is 21.9 Å². The lowest BCUT2D eigenvalue weighted by atomic mass is 10.0. The number of nitrogens with zero attached hydrogens (tertiary/aromatic N) is 9. The second kappa shape index (κ2) is 17.8. The van der Waals surface area contributed by atoms with Gasteiger partial charge in [-0.2, -0.15) is 10.1 Å². The fraction of sp³-hybridized carbons (Fsp3) is 0.500. The number of piperidine rings is 1. The van der Waals surface area contributed by atoms with E-state index < -0.39 is 24.7 Å². The average Bonchev–Trinajstić information content (AvgIpc) is 4.10. The molecule has 19 nitrogen and oxygen atoms in total. The molecule has 9 rings (SSSR count). The van der Waals surface area contributed by atoms with Crippen LogP contribution >= 0.6 is 0 Å². The molecule has 0 spiro atoms. The largest absolute Gasteiger partial charge is 0.379 e. The Morgan fingerprint density at radius 3 is 2.69 bits per heavy atom. The molecule has 8 heterocycles. The molecule has 61 heavy (non-hydrogen) atoms. The van der Waals surface area contributed by atoms with Crippen LogP contribution in [0, 0.1) is 6.92 Å². The van der Waals surface area contributed by atoms with Gasteiger partial charge < -0.3 is 45.0 Å². The number of anilines is 3. The fourth-order valence-electron chi connectivity index (χ4n) is 8.94. The topological polar surface area (TPSA) is 232 Å². The Labute approximate surface area is 352 Å². The summed E-state index contributed by atoms with van der Waals surface area (Å²) in [6.45, 7) is 5.94. The molecule has 0 bridgehead atoms. The van der Waals surface area contributed by atoms with Gasteiger partial charge >= 0.3 is 6.03 Å². The Kier molecular flexibility index (Phi) is 11.9.